The molecule has 38 heavy (non-hydrogen) atoms. The van der Waals surface area contributed by atoms with E-state index in [0.717, 1.165) is 18.2 Å². The third-order valence-corrected chi connectivity index (χ3v) is 5.98. The maximum Gasteiger partial charge on any atom is 0.433 e. The van der Waals surface area contributed by atoms with E-state index in [1.54, 1.807) is 20.0 Å². The van der Waals surface area contributed by atoms with Crippen LogP contribution in [0.15, 0.2) is 47.8 Å². The van der Waals surface area contributed by atoms with E-state index < -0.39 is 35.2 Å². The summed E-state index contributed by atoms with van der Waals surface area (Å²) in [7, 11) is 0. The highest BCUT2D eigenvalue weighted by Gasteiger charge is 2.33. The van der Waals surface area contributed by atoms with Crippen molar-refractivity contribution in [1.29, 1.82) is 0 Å². The lowest BCUT2D eigenvalue weighted by atomic mass is 9.90. The van der Waals surface area contributed by atoms with Gasteiger partial charge in [-0.1, -0.05) is 17.3 Å². The van der Waals surface area contributed by atoms with Gasteiger partial charge in [-0.05, 0) is 44.9 Å². The number of likely N-dealkylation sites (tertiary alicyclic amines) is 1. The molecule has 1 aliphatic heterocycles. The van der Waals surface area contributed by atoms with E-state index in [4.69, 9.17) is 4.84 Å². The van der Waals surface area contributed by atoms with E-state index in [1.165, 1.54) is 23.1 Å². The number of carbonyl (C=O) groups is 1. The second-order valence-corrected chi connectivity index (χ2v) is 8.63. The average Bonchev–Trinajstić information content (AvgIpc) is 2.89. The van der Waals surface area contributed by atoms with Crippen molar-refractivity contribution in [3.63, 3.8) is 0 Å². The van der Waals surface area contributed by atoms with Gasteiger partial charge in [0.2, 0.25) is 5.88 Å². The Balaban J connectivity index is 1.46. The maximum atomic E-state index is 13.9. The number of amides is 2. The molecule has 2 amide bonds. The van der Waals surface area contributed by atoms with E-state index in [9.17, 15) is 26.7 Å². The SMILES string of the molecule is C/C(=N\Oc1cccc(C(F)(F)F)n1)c1cnc(C)nc1C1CCN(C(=O)Nc2c(F)cccc2F)CC1. The number of rotatable bonds is 5. The van der Waals surface area contributed by atoms with Crippen molar-refractivity contribution in [3.8, 4) is 5.88 Å². The van der Waals surface area contributed by atoms with Crippen LogP contribution in [0.5, 0.6) is 5.88 Å². The van der Waals surface area contributed by atoms with E-state index >= 15 is 0 Å². The predicted octanol–water partition coefficient (Wildman–Crippen LogP) is 5.69. The number of halogens is 5. The van der Waals surface area contributed by atoms with Gasteiger partial charge in [0, 0.05) is 36.8 Å². The summed E-state index contributed by atoms with van der Waals surface area (Å²) >= 11 is 0. The minimum Gasteiger partial charge on any atom is -0.336 e. The molecule has 8 nitrogen and oxygen atoms in total. The first-order valence-electron chi connectivity index (χ1n) is 11.6. The van der Waals surface area contributed by atoms with Crippen molar-refractivity contribution in [2.45, 2.75) is 38.8 Å². The molecular weight excluding hydrogens is 511 g/mol. The fourth-order valence-corrected chi connectivity index (χ4v) is 4.02. The molecular formula is C25H23F5N6O2. The Labute approximate surface area is 214 Å². The predicted molar refractivity (Wildman–Crippen MR) is 128 cm³/mol. The van der Waals surface area contributed by atoms with Gasteiger partial charge >= 0.3 is 12.2 Å². The number of aryl methyl sites for hydroxylation is 1. The first-order valence-corrected chi connectivity index (χ1v) is 11.6. The minimum atomic E-state index is -4.62. The standard InChI is InChI=1S/C25H23F5N6O2/c1-14(35-38-21-8-4-7-20(33-21)25(28,29)30)17-13-31-15(2)32-22(17)16-9-11-36(12-10-16)24(37)34-23-18(26)5-3-6-19(23)27/h3-8,13,16H,9-12H2,1-2H3,(H,34,37)/b35-14+. The van der Waals surface area contributed by atoms with Crippen LogP contribution in [0.4, 0.5) is 32.4 Å². The van der Waals surface area contributed by atoms with Crippen LogP contribution < -0.4 is 10.2 Å². The summed E-state index contributed by atoms with van der Waals surface area (Å²) in [6.45, 7) is 3.93. The van der Waals surface area contributed by atoms with Gasteiger partial charge in [0.1, 0.15) is 28.8 Å². The lowest BCUT2D eigenvalue weighted by Crippen LogP contribution is -2.41. The number of piperidine rings is 1. The van der Waals surface area contributed by atoms with Crippen LogP contribution in [0.25, 0.3) is 0 Å². The minimum absolute atomic E-state index is 0.0993. The number of aromatic nitrogens is 3. The number of oxime groups is 1. The van der Waals surface area contributed by atoms with Crippen molar-refractivity contribution in [3.05, 3.63) is 77.0 Å². The van der Waals surface area contributed by atoms with Crippen molar-refractivity contribution in [1.82, 2.24) is 19.9 Å². The van der Waals surface area contributed by atoms with E-state index in [-0.39, 0.29) is 11.8 Å². The molecule has 0 unspecified atom stereocenters. The van der Waals surface area contributed by atoms with E-state index in [2.05, 4.69) is 25.4 Å². The van der Waals surface area contributed by atoms with Crippen molar-refractivity contribution in [2.24, 2.45) is 5.16 Å². The van der Waals surface area contributed by atoms with Gasteiger partial charge in [-0.15, -0.1) is 0 Å². The summed E-state index contributed by atoms with van der Waals surface area (Å²) in [6.07, 6.45) is -2.06. The van der Waals surface area contributed by atoms with Crippen molar-refractivity contribution in [2.75, 3.05) is 18.4 Å². The van der Waals surface area contributed by atoms with Crippen LogP contribution in [-0.2, 0) is 6.18 Å². The van der Waals surface area contributed by atoms with Crippen molar-refractivity contribution >= 4 is 17.4 Å². The van der Waals surface area contributed by atoms with Crippen LogP contribution in [-0.4, -0.2) is 44.7 Å². The lowest BCUT2D eigenvalue weighted by molar-refractivity contribution is -0.141. The van der Waals surface area contributed by atoms with Crippen molar-refractivity contribution < 1.29 is 31.6 Å². The van der Waals surface area contributed by atoms with Gasteiger partial charge in [-0.3, -0.25) is 0 Å². The van der Waals surface area contributed by atoms with Gasteiger partial charge < -0.3 is 15.1 Å². The fraction of sp³-hybridized carbons (Fsp3) is 0.320. The molecule has 3 heterocycles. The molecule has 0 radical (unpaired) electrons. The molecule has 0 bridgehead atoms. The number of para-hydroxylation sites is 1. The number of alkyl halides is 3. The highest BCUT2D eigenvalue weighted by molar-refractivity contribution is 5.99. The first-order chi connectivity index (χ1) is 18.0. The second-order valence-electron chi connectivity index (χ2n) is 8.63. The Bertz CT molecular complexity index is 1340. The Kier molecular flexibility index (Phi) is 7.83. The van der Waals surface area contributed by atoms with Crippen LogP contribution in [0.3, 0.4) is 0 Å². The Hall–Kier alpha value is -4.16. The summed E-state index contributed by atoms with van der Waals surface area (Å²) in [5.41, 5.74) is -0.0842. The normalized spacial score (nSPS) is 14.9. The van der Waals surface area contributed by atoms with E-state index in [0.29, 0.717) is 48.7 Å². The molecule has 1 fully saturated rings. The lowest BCUT2D eigenvalue weighted by Gasteiger charge is -2.32. The molecule has 3 aromatic rings. The fourth-order valence-electron chi connectivity index (χ4n) is 4.02. The van der Waals surface area contributed by atoms with Gasteiger partial charge in [-0.2, -0.15) is 13.2 Å². The van der Waals surface area contributed by atoms with Crippen LogP contribution in [0.2, 0.25) is 0 Å². The molecule has 2 aromatic heterocycles. The summed E-state index contributed by atoms with van der Waals surface area (Å²) in [6, 6.07) is 5.95. The molecule has 1 saturated heterocycles. The van der Waals surface area contributed by atoms with Gasteiger partial charge in [-0.25, -0.2) is 28.5 Å². The average molecular weight is 534 g/mol. The van der Waals surface area contributed by atoms with Gasteiger partial charge in [0.25, 0.3) is 0 Å². The summed E-state index contributed by atoms with van der Waals surface area (Å²) in [5.74, 6) is -1.65. The first kappa shape index (κ1) is 26.9. The Morgan fingerprint density at radius 1 is 1.08 bits per heavy atom. The molecule has 0 atom stereocenters. The Morgan fingerprint density at radius 3 is 2.39 bits per heavy atom. The molecule has 0 saturated carbocycles. The topological polar surface area (TPSA) is 92.6 Å². The molecule has 1 N–H and O–H groups in total. The van der Waals surface area contributed by atoms with Crippen LogP contribution >= 0.6 is 0 Å². The van der Waals surface area contributed by atoms with E-state index in [1.807, 2.05) is 0 Å². The zero-order valence-electron chi connectivity index (χ0n) is 20.4. The number of hydrogen-bond acceptors (Lipinski definition) is 6. The number of carbonyl (C=O) groups excluding carboxylic acids is 1. The quantitative estimate of drug-likeness (QED) is 0.258. The molecule has 200 valence electrons. The third-order valence-electron chi connectivity index (χ3n) is 5.98. The molecule has 4 rings (SSSR count). The van der Waals surface area contributed by atoms with Crippen LogP contribution in [0, 0.1) is 18.6 Å². The molecule has 0 aliphatic carbocycles. The summed E-state index contributed by atoms with van der Waals surface area (Å²) < 4.78 is 66.6. The highest BCUT2D eigenvalue weighted by Crippen LogP contribution is 2.31. The smallest absolute Gasteiger partial charge is 0.336 e. The zero-order chi connectivity index (χ0) is 27.4. The molecule has 1 aromatic carbocycles. The third kappa shape index (κ3) is 6.21. The second kappa shape index (κ2) is 11.1. The zero-order valence-corrected chi connectivity index (χ0v) is 20.4. The maximum absolute atomic E-state index is 13.9. The van der Waals surface area contributed by atoms with Gasteiger partial charge in [0.05, 0.1) is 11.4 Å². The number of urea groups is 1. The highest BCUT2D eigenvalue weighted by atomic mass is 19.4. The number of benzene rings is 1. The number of hydrogen-bond donors (Lipinski definition) is 1. The summed E-state index contributed by atoms with van der Waals surface area (Å²) in [5, 5.41) is 6.23. The number of anilines is 1. The molecule has 13 heteroatoms. The monoisotopic (exact) mass is 534 g/mol. The number of pyridine rings is 1. The Morgan fingerprint density at radius 2 is 1.74 bits per heavy atom. The number of nitrogens with zero attached hydrogens (tertiary/aromatic N) is 5. The largest absolute Gasteiger partial charge is 0.433 e. The molecule has 0 spiro atoms. The summed E-state index contributed by atoms with van der Waals surface area (Å²) in [4.78, 5) is 31.4. The van der Waals surface area contributed by atoms with Crippen LogP contribution in [0.1, 0.15) is 48.5 Å². The number of nitrogens with one attached hydrogen (secondary N) is 1. The van der Waals surface area contributed by atoms with Gasteiger partial charge in [0.15, 0.2) is 0 Å². The molecule has 1 aliphatic rings.